The Morgan fingerprint density at radius 2 is 2.07 bits per heavy atom. The van der Waals surface area contributed by atoms with Crippen molar-refractivity contribution in [3.63, 3.8) is 0 Å². The van der Waals surface area contributed by atoms with E-state index in [1.165, 1.54) is 16.6 Å². The topological polar surface area (TPSA) is 110 Å². The van der Waals surface area contributed by atoms with Gasteiger partial charge in [0.2, 0.25) is 5.91 Å². The summed E-state index contributed by atoms with van der Waals surface area (Å²) in [5.74, 6) is -0.113. The number of H-pyrrole nitrogens is 1. The number of nitrogens with two attached hydrogens (primary N) is 1. The van der Waals surface area contributed by atoms with Crippen molar-refractivity contribution < 1.29 is 9.53 Å². The van der Waals surface area contributed by atoms with Crippen LogP contribution in [0.1, 0.15) is 24.8 Å². The van der Waals surface area contributed by atoms with E-state index in [2.05, 4.69) is 11.1 Å². The normalized spacial score (nSPS) is 15.6. The monoisotopic (exact) mass is 398 g/mol. The number of carbonyl (C=O) groups is 1. The Labute approximate surface area is 168 Å². The number of aromatic amines is 1. The van der Waals surface area contributed by atoms with Crippen molar-refractivity contribution in [2.75, 3.05) is 30.9 Å². The number of carbonyl (C=O) groups excluding carboxylic acids is 1. The van der Waals surface area contributed by atoms with Gasteiger partial charge in [0.05, 0.1) is 13.2 Å². The molecule has 1 aromatic heterocycles. The van der Waals surface area contributed by atoms with Gasteiger partial charge in [-0.15, -0.1) is 0 Å². The third-order valence-corrected chi connectivity index (χ3v) is 5.04. The highest BCUT2D eigenvalue weighted by molar-refractivity contribution is 5.95. The Morgan fingerprint density at radius 3 is 2.72 bits per heavy atom. The molecule has 1 heterocycles. The molecule has 1 aliphatic carbocycles. The summed E-state index contributed by atoms with van der Waals surface area (Å²) < 4.78 is 6.39. The summed E-state index contributed by atoms with van der Waals surface area (Å²) in [7, 11) is 1.52. The molecule has 0 spiro atoms. The van der Waals surface area contributed by atoms with E-state index in [9.17, 15) is 14.4 Å². The van der Waals surface area contributed by atoms with Gasteiger partial charge in [0, 0.05) is 20.1 Å². The highest BCUT2D eigenvalue weighted by Gasteiger charge is 2.26. The number of nitrogen functional groups attached to an aromatic ring is 1. The molecule has 3 N–H and O–H groups in total. The molecule has 2 aromatic rings. The molecule has 0 aliphatic heterocycles. The second-order valence-corrected chi connectivity index (χ2v) is 7.07. The molecule has 29 heavy (non-hydrogen) atoms. The summed E-state index contributed by atoms with van der Waals surface area (Å²) in [6, 6.07) is 9.30. The standard InChI is InChI=1S/C21H26N4O4/c1-29-12-11-24(17(26)13-15-7-5-6-8-15)18-19(22)25(21(28)23-20(18)27)14-16-9-3-2-4-10-16/h2-5,7,9-10,15H,6,8,11-14,22H2,1H3,(H,23,27,28). The second kappa shape index (κ2) is 9.38. The molecule has 3 rings (SSSR count). The van der Waals surface area contributed by atoms with Crippen molar-refractivity contribution in [2.45, 2.75) is 25.8 Å². The van der Waals surface area contributed by atoms with Crippen LogP contribution < -0.4 is 21.9 Å². The lowest BCUT2D eigenvalue weighted by Crippen LogP contribution is -2.43. The number of ether oxygens (including phenoxy) is 1. The molecule has 0 radical (unpaired) electrons. The summed E-state index contributed by atoms with van der Waals surface area (Å²) in [6.07, 6.45) is 6.20. The van der Waals surface area contributed by atoms with E-state index in [1.54, 1.807) is 0 Å². The van der Waals surface area contributed by atoms with Crippen LogP contribution in [0.15, 0.2) is 52.1 Å². The molecule has 1 unspecified atom stereocenters. The first-order valence-corrected chi connectivity index (χ1v) is 9.63. The molecule has 0 saturated carbocycles. The Morgan fingerprint density at radius 1 is 1.31 bits per heavy atom. The van der Waals surface area contributed by atoms with Crippen LogP contribution in [0.3, 0.4) is 0 Å². The Kier molecular flexibility index (Phi) is 6.66. The lowest BCUT2D eigenvalue weighted by Gasteiger charge is -2.25. The number of anilines is 2. The van der Waals surface area contributed by atoms with Crippen LogP contribution in [0, 0.1) is 5.92 Å². The van der Waals surface area contributed by atoms with Crippen molar-refractivity contribution in [3.8, 4) is 0 Å². The third kappa shape index (κ3) is 4.83. The molecular formula is C21H26N4O4. The minimum Gasteiger partial charge on any atom is -0.383 e. The van der Waals surface area contributed by atoms with Gasteiger partial charge in [-0.2, -0.15) is 0 Å². The van der Waals surface area contributed by atoms with Crippen molar-refractivity contribution >= 4 is 17.4 Å². The van der Waals surface area contributed by atoms with E-state index >= 15 is 0 Å². The number of nitrogens with one attached hydrogen (secondary N) is 1. The van der Waals surface area contributed by atoms with Crippen LogP contribution in [-0.2, 0) is 16.1 Å². The first-order chi connectivity index (χ1) is 14.0. The molecule has 0 bridgehead atoms. The van der Waals surface area contributed by atoms with Crippen LogP contribution in [-0.4, -0.2) is 35.7 Å². The molecule has 0 saturated heterocycles. The smallest absolute Gasteiger partial charge is 0.330 e. The van der Waals surface area contributed by atoms with Gasteiger partial charge in [0.15, 0.2) is 5.69 Å². The maximum absolute atomic E-state index is 13.0. The van der Waals surface area contributed by atoms with E-state index in [0.717, 1.165) is 18.4 Å². The fraction of sp³-hybridized carbons (Fsp3) is 0.381. The number of nitrogens with zero attached hydrogens (tertiary/aromatic N) is 2. The van der Waals surface area contributed by atoms with Gasteiger partial charge in [-0.05, 0) is 24.3 Å². The van der Waals surface area contributed by atoms with Crippen molar-refractivity contribution in [3.05, 3.63) is 68.9 Å². The summed E-state index contributed by atoms with van der Waals surface area (Å²) >= 11 is 0. The van der Waals surface area contributed by atoms with Gasteiger partial charge in [-0.1, -0.05) is 42.5 Å². The molecule has 1 amide bonds. The lowest BCUT2D eigenvalue weighted by atomic mass is 10.0. The van der Waals surface area contributed by atoms with Crippen LogP contribution in [0.4, 0.5) is 11.5 Å². The zero-order valence-electron chi connectivity index (χ0n) is 16.5. The van der Waals surface area contributed by atoms with Crippen molar-refractivity contribution in [1.29, 1.82) is 0 Å². The maximum Gasteiger partial charge on any atom is 0.330 e. The highest BCUT2D eigenvalue weighted by Crippen LogP contribution is 2.24. The molecule has 154 valence electrons. The minimum atomic E-state index is -0.678. The number of aromatic nitrogens is 2. The van der Waals surface area contributed by atoms with Crippen LogP contribution >= 0.6 is 0 Å². The van der Waals surface area contributed by atoms with Crippen LogP contribution in [0.25, 0.3) is 0 Å². The molecule has 1 atom stereocenters. The van der Waals surface area contributed by atoms with Gasteiger partial charge in [-0.3, -0.25) is 19.1 Å². The van der Waals surface area contributed by atoms with E-state index in [1.807, 2.05) is 36.4 Å². The molecule has 8 heteroatoms. The van der Waals surface area contributed by atoms with Crippen LogP contribution in [0.5, 0.6) is 0 Å². The number of methoxy groups -OCH3 is 1. The number of hydrogen-bond acceptors (Lipinski definition) is 5. The molecule has 1 aliphatic rings. The largest absolute Gasteiger partial charge is 0.383 e. The predicted molar refractivity (Wildman–Crippen MR) is 112 cm³/mol. The zero-order valence-corrected chi connectivity index (χ0v) is 16.5. The van der Waals surface area contributed by atoms with E-state index in [-0.39, 0.29) is 49.4 Å². The minimum absolute atomic E-state index is 0.00967. The molecule has 8 nitrogen and oxygen atoms in total. The summed E-state index contributed by atoms with van der Waals surface area (Å²) in [5.41, 5.74) is 5.80. The number of benzene rings is 1. The summed E-state index contributed by atoms with van der Waals surface area (Å²) in [5, 5.41) is 0. The van der Waals surface area contributed by atoms with E-state index in [4.69, 9.17) is 10.5 Å². The third-order valence-electron chi connectivity index (χ3n) is 5.04. The fourth-order valence-electron chi connectivity index (χ4n) is 3.50. The van der Waals surface area contributed by atoms with E-state index < -0.39 is 11.2 Å². The summed E-state index contributed by atoms with van der Waals surface area (Å²) in [4.78, 5) is 41.6. The lowest BCUT2D eigenvalue weighted by molar-refractivity contribution is -0.119. The number of rotatable bonds is 8. The van der Waals surface area contributed by atoms with Crippen molar-refractivity contribution in [2.24, 2.45) is 5.92 Å². The van der Waals surface area contributed by atoms with Crippen LogP contribution in [0.2, 0.25) is 0 Å². The molecular weight excluding hydrogens is 372 g/mol. The van der Waals surface area contributed by atoms with Gasteiger partial charge in [0.25, 0.3) is 5.56 Å². The van der Waals surface area contributed by atoms with Gasteiger partial charge in [0.1, 0.15) is 5.82 Å². The average Bonchev–Trinajstić information content (AvgIpc) is 3.21. The first-order valence-electron chi connectivity index (χ1n) is 9.63. The Bertz CT molecular complexity index is 994. The number of hydrogen-bond donors (Lipinski definition) is 2. The predicted octanol–water partition coefficient (Wildman–Crippen LogP) is 1.50. The van der Waals surface area contributed by atoms with Crippen molar-refractivity contribution in [1.82, 2.24) is 9.55 Å². The first kappa shape index (κ1) is 20.6. The van der Waals surface area contributed by atoms with Gasteiger partial charge < -0.3 is 15.4 Å². The number of allylic oxidation sites excluding steroid dienone is 2. The Hall–Kier alpha value is -3.13. The van der Waals surface area contributed by atoms with E-state index in [0.29, 0.717) is 0 Å². The summed E-state index contributed by atoms with van der Waals surface area (Å²) in [6.45, 7) is 0.596. The SMILES string of the molecule is COCCN(C(=O)CC1C=CCC1)c1c(N)n(Cc2ccccc2)c(=O)[nH]c1=O. The number of amides is 1. The second-order valence-electron chi connectivity index (χ2n) is 7.07. The Balaban J connectivity index is 1.98. The van der Waals surface area contributed by atoms with Gasteiger partial charge in [-0.25, -0.2) is 4.79 Å². The average molecular weight is 398 g/mol. The highest BCUT2D eigenvalue weighted by atomic mass is 16.5. The maximum atomic E-state index is 13.0. The molecule has 1 aromatic carbocycles. The fourth-order valence-corrected chi connectivity index (χ4v) is 3.50. The zero-order chi connectivity index (χ0) is 20.8. The quantitative estimate of drug-likeness (QED) is 0.655. The van der Waals surface area contributed by atoms with Gasteiger partial charge >= 0.3 is 5.69 Å². The molecule has 0 fully saturated rings.